The van der Waals surface area contributed by atoms with Crippen molar-refractivity contribution in [3.63, 3.8) is 0 Å². The number of alkyl halides is 3. The average Bonchev–Trinajstić information content (AvgIpc) is 3.20. The van der Waals surface area contributed by atoms with E-state index in [4.69, 9.17) is 4.74 Å². The summed E-state index contributed by atoms with van der Waals surface area (Å²) in [5, 5.41) is 7.24. The van der Waals surface area contributed by atoms with Gasteiger partial charge in [-0.2, -0.15) is 13.2 Å². The third kappa shape index (κ3) is 5.27. The van der Waals surface area contributed by atoms with Crippen LogP contribution >= 0.6 is 11.8 Å². The topological polar surface area (TPSA) is 33.3 Å². The zero-order chi connectivity index (χ0) is 20.3. The first-order chi connectivity index (χ1) is 14.0. The van der Waals surface area contributed by atoms with Crippen LogP contribution in [0.3, 0.4) is 0 Å². The lowest BCUT2D eigenvalue weighted by atomic mass is 9.92. The molecule has 0 aromatic heterocycles. The highest BCUT2D eigenvalue weighted by Crippen LogP contribution is 2.36. The maximum Gasteiger partial charge on any atom is 0.398 e. The maximum absolute atomic E-state index is 12.6. The monoisotopic (exact) mass is 422 g/mol. The first-order valence-corrected chi connectivity index (χ1v) is 11.0. The predicted molar refractivity (Wildman–Crippen MR) is 109 cm³/mol. The normalized spacial score (nSPS) is 21.6. The molecule has 2 aliphatic heterocycles. The molecule has 2 aromatic rings. The third-order valence-corrected chi connectivity index (χ3v) is 6.45. The Kier molecular flexibility index (Phi) is 6.37. The molecule has 2 N–H and O–H groups in total. The minimum absolute atomic E-state index is 0.224. The molecule has 2 heterocycles. The molecular weight excluding hydrogens is 397 g/mol. The number of hydrogen-bond donors (Lipinski definition) is 2. The maximum atomic E-state index is 12.6. The number of nitrogens with one attached hydrogen (secondary N) is 2. The van der Waals surface area contributed by atoms with E-state index < -0.39 is 11.9 Å². The molecule has 29 heavy (non-hydrogen) atoms. The summed E-state index contributed by atoms with van der Waals surface area (Å²) in [6, 6.07) is 14.5. The van der Waals surface area contributed by atoms with Crippen molar-refractivity contribution in [1.82, 2.24) is 10.6 Å². The molecule has 7 heteroatoms. The molecule has 2 aliphatic rings. The zero-order valence-electron chi connectivity index (χ0n) is 16.1. The third-order valence-electron chi connectivity index (χ3n) is 5.41. The second kappa shape index (κ2) is 8.98. The molecule has 0 aliphatic carbocycles. The Morgan fingerprint density at radius 3 is 2.79 bits per heavy atom. The van der Waals surface area contributed by atoms with Gasteiger partial charge in [-0.3, -0.25) is 0 Å². The molecule has 4 rings (SSSR count). The highest BCUT2D eigenvalue weighted by atomic mass is 32.2. The average molecular weight is 423 g/mol. The molecule has 3 nitrogen and oxygen atoms in total. The lowest BCUT2D eigenvalue weighted by molar-refractivity contribution is -0.105. The van der Waals surface area contributed by atoms with E-state index in [0.717, 1.165) is 54.4 Å². The molecular formula is C22H25F3N2OS. The smallest absolute Gasteiger partial charge is 0.398 e. The fraction of sp³-hybridized carbons (Fsp3) is 0.455. The number of piperidine rings is 1. The van der Waals surface area contributed by atoms with Crippen molar-refractivity contribution in [3.05, 3.63) is 59.2 Å². The first-order valence-electron chi connectivity index (χ1n) is 9.99. The molecule has 1 fully saturated rings. The van der Waals surface area contributed by atoms with Crippen LogP contribution < -0.4 is 15.4 Å². The molecule has 2 aromatic carbocycles. The fourth-order valence-electron chi connectivity index (χ4n) is 4.10. The van der Waals surface area contributed by atoms with Crippen molar-refractivity contribution in [2.24, 2.45) is 0 Å². The van der Waals surface area contributed by atoms with Gasteiger partial charge < -0.3 is 15.4 Å². The Balaban J connectivity index is 1.49. The van der Waals surface area contributed by atoms with E-state index in [0.29, 0.717) is 18.0 Å². The van der Waals surface area contributed by atoms with E-state index in [2.05, 4.69) is 22.8 Å². The van der Waals surface area contributed by atoms with Gasteiger partial charge in [-0.1, -0.05) is 30.3 Å². The van der Waals surface area contributed by atoms with Crippen molar-refractivity contribution in [2.75, 3.05) is 18.9 Å². The fourth-order valence-corrected chi connectivity index (χ4v) is 4.88. The lowest BCUT2D eigenvalue weighted by Crippen LogP contribution is -2.45. The van der Waals surface area contributed by atoms with Crippen molar-refractivity contribution < 1.29 is 17.9 Å². The molecule has 0 saturated carbocycles. The Bertz CT molecular complexity index is 829. The molecule has 0 amide bonds. The van der Waals surface area contributed by atoms with Crippen LogP contribution in [0.25, 0.3) is 0 Å². The summed E-state index contributed by atoms with van der Waals surface area (Å²) in [6.45, 7) is 2.16. The summed E-state index contributed by atoms with van der Waals surface area (Å²) < 4.78 is 43.7. The van der Waals surface area contributed by atoms with Crippen LogP contribution in [-0.4, -0.2) is 31.1 Å². The number of ether oxygens (including phenoxy) is 1. The van der Waals surface area contributed by atoms with Gasteiger partial charge in [0.15, 0.2) is 0 Å². The molecule has 0 spiro atoms. The summed E-state index contributed by atoms with van der Waals surface area (Å²) in [4.78, 5) is 0.657. The van der Waals surface area contributed by atoms with Gasteiger partial charge in [-0.15, -0.1) is 11.8 Å². The summed E-state index contributed by atoms with van der Waals surface area (Å²) in [5.74, 6) is -0.0313. The van der Waals surface area contributed by atoms with E-state index >= 15 is 0 Å². The molecule has 0 radical (unpaired) electrons. The Labute approximate surface area is 173 Å². The van der Waals surface area contributed by atoms with Gasteiger partial charge in [0.05, 0.1) is 12.4 Å². The largest absolute Gasteiger partial charge is 0.493 e. The quantitative estimate of drug-likeness (QED) is 0.652. The molecule has 2 atom stereocenters. The van der Waals surface area contributed by atoms with Crippen LogP contribution in [0, 0.1) is 0 Å². The van der Waals surface area contributed by atoms with Crippen LogP contribution in [0.1, 0.15) is 35.6 Å². The van der Waals surface area contributed by atoms with Crippen molar-refractivity contribution >= 4 is 11.8 Å². The van der Waals surface area contributed by atoms with Crippen molar-refractivity contribution in [3.8, 4) is 5.75 Å². The number of thioether (sulfide) groups is 1. The van der Waals surface area contributed by atoms with E-state index in [1.807, 2.05) is 30.3 Å². The minimum atomic E-state index is -4.17. The highest BCUT2D eigenvalue weighted by molar-refractivity contribution is 7.99. The second-order valence-electron chi connectivity index (χ2n) is 7.55. The molecule has 0 bridgehead atoms. The van der Waals surface area contributed by atoms with Gasteiger partial charge in [0.1, 0.15) is 5.75 Å². The summed E-state index contributed by atoms with van der Waals surface area (Å²) >= 11 is 0.846. The summed E-state index contributed by atoms with van der Waals surface area (Å²) in [7, 11) is 0. The van der Waals surface area contributed by atoms with E-state index in [1.165, 1.54) is 5.56 Å². The number of halogens is 3. The number of hydrogen-bond acceptors (Lipinski definition) is 4. The van der Waals surface area contributed by atoms with Crippen LogP contribution in [0.15, 0.2) is 47.4 Å². The van der Waals surface area contributed by atoms with Crippen LogP contribution in [0.2, 0.25) is 0 Å². The van der Waals surface area contributed by atoms with Crippen molar-refractivity contribution in [1.29, 1.82) is 0 Å². The second-order valence-corrected chi connectivity index (χ2v) is 8.59. The first kappa shape index (κ1) is 20.6. The van der Waals surface area contributed by atoms with Gasteiger partial charge in [0, 0.05) is 35.5 Å². The van der Waals surface area contributed by atoms with Gasteiger partial charge in [0.2, 0.25) is 0 Å². The zero-order valence-corrected chi connectivity index (χ0v) is 16.9. The van der Waals surface area contributed by atoms with Crippen LogP contribution in [0.5, 0.6) is 5.75 Å². The number of benzene rings is 2. The van der Waals surface area contributed by atoms with E-state index in [9.17, 15) is 13.2 Å². The Hall–Kier alpha value is -1.70. The SMILES string of the molecule is FC(F)(F)CSc1cc2c(c(CNC3CCCNC3c3ccccc3)c1)OCC2. The highest BCUT2D eigenvalue weighted by Gasteiger charge is 2.29. The number of fused-ring (bicyclic) bond motifs is 1. The Morgan fingerprint density at radius 2 is 2.00 bits per heavy atom. The summed E-state index contributed by atoms with van der Waals surface area (Å²) in [5.41, 5.74) is 3.21. The van der Waals surface area contributed by atoms with Gasteiger partial charge in [0.25, 0.3) is 0 Å². The van der Waals surface area contributed by atoms with Gasteiger partial charge >= 0.3 is 6.18 Å². The molecule has 1 saturated heterocycles. The predicted octanol–water partition coefficient (Wildman–Crippen LogP) is 4.86. The minimum Gasteiger partial charge on any atom is -0.493 e. The van der Waals surface area contributed by atoms with Crippen LogP contribution in [-0.2, 0) is 13.0 Å². The number of rotatable bonds is 6. The molecule has 2 unspecified atom stereocenters. The van der Waals surface area contributed by atoms with Crippen LogP contribution in [0.4, 0.5) is 13.2 Å². The summed E-state index contributed by atoms with van der Waals surface area (Å²) in [6.07, 6.45) is -1.27. The van der Waals surface area contributed by atoms with E-state index in [-0.39, 0.29) is 12.1 Å². The molecule has 156 valence electrons. The lowest BCUT2D eigenvalue weighted by Gasteiger charge is -2.34. The Morgan fingerprint density at radius 1 is 1.17 bits per heavy atom. The van der Waals surface area contributed by atoms with Gasteiger partial charge in [-0.05, 0) is 42.6 Å². The van der Waals surface area contributed by atoms with E-state index in [1.54, 1.807) is 0 Å². The standard InChI is InChI=1S/C22H25F3N2OS/c23-22(24,25)14-29-18-11-16-8-10-28-21(16)17(12-18)13-27-19-7-4-9-26-20(19)15-5-2-1-3-6-15/h1-3,5-6,11-12,19-20,26-27H,4,7-10,13-14H2. The van der Waals surface area contributed by atoms with Crippen molar-refractivity contribution in [2.45, 2.75) is 49.0 Å². The van der Waals surface area contributed by atoms with Gasteiger partial charge in [-0.25, -0.2) is 0 Å².